The van der Waals surface area contributed by atoms with Crippen LogP contribution < -0.4 is 11.3 Å². The van der Waals surface area contributed by atoms with Crippen LogP contribution in [0.25, 0.3) is 0 Å². The van der Waals surface area contributed by atoms with Crippen molar-refractivity contribution in [3.63, 3.8) is 0 Å². The van der Waals surface area contributed by atoms with Gasteiger partial charge in [-0.15, -0.1) is 0 Å². The zero-order chi connectivity index (χ0) is 14.6. The second-order valence-corrected chi connectivity index (χ2v) is 4.97. The van der Waals surface area contributed by atoms with E-state index in [0.29, 0.717) is 0 Å². The maximum Gasteiger partial charge on any atom is 0.128 e. The standard InChI is InChI=1S/C14H23F2N3/c1-5-14(6-2,19(3)4)13(18-17)11-9-10(15)7-8-12(11)16/h7-9,13,18H,5-6,17H2,1-4H3. The molecule has 0 bridgehead atoms. The van der Waals surface area contributed by atoms with Gasteiger partial charge in [-0.25, -0.2) is 8.78 Å². The van der Waals surface area contributed by atoms with Gasteiger partial charge < -0.3 is 4.90 Å². The summed E-state index contributed by atoms with van der Waals surface area (Å²) < 4.78 is 27.4. The van der Waals surface area contributed by atoms with Crippen LogP contribution in [-0.2, 0) is 0 Å². The van der Waals surface area contributed by atoms with Crippen molar-refractivity contribution in [2.24, 2.45) is 5.84 Å². The molecule has 0 radical (unpaired) electrons. The van der Waals surface area contributed by atoms with Crippen LogP contribution in [0.1, 0.15) is 38.3 Å². The molecule has 1 unspecified atom stereocenters. The Morgan fingerprint density at radius 3 is 2.26 bits per heavy atom. The van der Waals surface area contributed by atoms with Crippen molar-refractivity contribution < 1.29 is 8.78 Å². The summed E-state index contributed by atoms with van der Waals surface area (Å²) in [5, 5.41) is 0. The van der Waals surface area contributed by atoms with Crippen LogP contribution in [0.5, 0.6) is 0 Å². The van der Waals surface area contributed by atoms with Gasteiger partial charge in [0, 0.05) is 11.1 Å². The van der Waals surface area contributed by atoms with E-state index >= 15 is 0 Å². The van der Waals surface area contributed by atoms with E-state index in [4.69, 9.17) is 5.84 Å². The predicted octanol–water partition coefficient (Wildman–Crippen LogP) is 2.59. The summed E-state index contributed by atoms with van der Waals surface area (Å²) in [4.78, 5) is 2.02. The molecule has 108 valence electrons. The van der Waals surface area contributed by atoms with Gasteiger partial charge in [-0.1, -0.05) is 13.8 Å². The second-order valence-electron chi connectivity index (χ2n) is 4.97. The van der Waals surface area contributed by atoms with Crippen molar-refractivity contribution in [3.05, 3.63) is 35.4 Å². The summed E-state index contributed by atoms with van der Waals surface area (Å²) in [5.74, 6) is 4.72. The molecule has 0 saturated heterocycles. The molecule has 19 heavy (non-hydrogen) atoms. The number of hydrogen-bond donors (Lipinski definition) is 2. The Bertz CT molecular complexity index is 417. The lowest BCUT2D eigenvalue weighted by Crippen LogP contribution is -2.55. The molecule has 0 spiro atoms. The first kappa shape index (κ1) is 16.0. The van der Waals surface area contributed by atoms with Crippen LogP contribution in [0.4, 0.5) is 8.78 Å². The lowest BCUT2D eigenvalue weighted by atomic mass is 9.79. The predicted molar refractivity (Wildman–Crippen MR) is 73.4 cm³/mol. The summed E-state index contributed by atoms with van der Waals surface area (Å²) in [6, 6.07) is 2.99. The highest BCUT2D eigenvalue weighted by atomic mass is 19.1. The van der Waals surface area contributed by atoms with Gasteiger partial charge in [0.2, 0.25) is 0 Å². The summed E-state index contributed by atoms with van der Waals surface area (Å²) in [6.45, 7) is 4.04. The van der Waals surface area contributed by atoms with E-state index in [-0.39, 0.29) is 11.1 Å². The number of rotatable bonds is 6. The van der Waals surface area contributed by atoms with Gasteiger partial charge in [0.15, 0.2) is 0 Å². The lowest BCUT2D eigenvalue weighted by Gasteiger charge is -2.45. The third-order valence-corrected chi connectivity index (χ3v) is 4.09. The van der Waals surface area contributed by atoms with Crippen molar-refractivity contribution in [3.8, 4) is 0 Å². The van der Waals surface area contributed by atoms with Crippen molar-refractivity contribution in [1.82, 2.24) is 10.3 Å². The first-order valence-electron chi connectivity index (χ1n) is 6.51. The van der Waals surface area contributed by atoms with Gasteiger partial charge in [0.1, 0.15) is 11.6 Å². The van der Waals surface area contributed by atoms with E-state index in [2.05, 4.69) is 5.43 Å². The van der Waals surface area contributed by atoms with E-state index < -0.39 is 17.7 Å². The Labute approximate surface area is 113 Å². The average Bonchev–Trinajstić information content (AvgIpc) is 2.39. The molecule has 0 aromatic heterocycles. The normalized spacial score (nSPS) is 13.9. The average molecular weight is 271 g/mol. The van der Waals surface area contributed by atoms with Crippen molar-refractivity contribution in [2.75, 3.05) is 14.1 Å². The van der Waals surface area contributed by atoms with Crippen molar-refractivity contribution in [1.29, 1.82) is 0 Å². The van der Waals surface area contributed by atoms with Crippen LogP contribution in [0.2, 0.25) is 0 Å². The van der Waals surface area contributed by atoms with E-state index in [0.717, 1.165) is 25.0 Å². The molecular formula is C14H23F2N3. The molecule has 3 nitrogen and oxygen atoms in total. The van der Waals surface area contributed by atoms with Gasteiger partial charge >= 0.3 is 0 Å². The van der Waals surface area contributed by atoms with Crippen LogP contribution in [0.3, 0.4) is 0 Å². The molecular weight excluding hydrogens is 248 g/mol. The quantitative estimate of drug-likeness (QED) is 0.617. The smallest absolute Gasteiger partial charge is 0.128 e. The molecule has 3 N–H and O–H groups in total. The molecule has 1 aromatic rings. The van der Waals surface area contributed by atoms with Gasteiger partial charge in [-0.2, -0.15) is 0 Å². The zero-order valence-corrected chi connectivity index (χ0v) is 12.0. The molecule has 0 heterocycles. The number of nitrogens with zero attached hydrogens (tertiary/aromatic N) is 1. The van der Waals surface area contributed by atoms with Gasteiger partial charge in [0.25, 0.3) is 0 Å². The third-order valence-electron chi connectivity index (χ3n) is 4.09. The molecule has 1 aromatic carbocycles. The summed E-state index contributed by atoms with van der Waals surface area (Å²) in [6.07, 6.45) is 1.53. The Balaban J connectivity index is 3.35. The summed E-state index contributed by atoms with van der Waals surface area (Å²) in [5.41, 5.74) is 2.55. The van der Waals surface area contributed by atoms with Crippen molar-refractivity contribution >= 4 is 0 Å². The summed E-state index contributed by atoms with van der Waals surface area (Å²) in [7, 11) is 3.85. The molecule has 0 aliphatic carbocycles. The highest BCUT2D eigenvalue weighted by molar-refractivity contribution is 5.26. The first-order chi connectivity index (χ1) is 8.92. The Morgan fingerprint density at radius 2 is 1.84 bits per heavy atom. The van der Waals surface area contributed by atoms with E-state index in [1.54, 1.807) is 0 Å². The largest absolute Gasteiger partial charge is 0.302 e. The number of hydrogen-bond acceptors (Lipinski definition) is 3. The molecule has 5 heteroatoms. The number of benzene rings is 1. The number of nitrogens with one attached hydrogen (secondary N) is 1. The molecule has 0 aliphatic rings. The third kappa shape index (κ3) is 2.94. The van der Waals surface area contributed by atoms with E-state index in [1.165, 1.54) is 6.07 Å². The lowest BCUT2D eigenvalue weighted by molar-refractivity contribution is 0.0863. The zero-order valence-electron chi connectivity index (χ0n) is 12.0. The van der Waals surface area contributed by atoms with Gasteiger partial charge in [0.05, 0.1) is 6.04 Å². The molecule has 1 atom stereocenters. The fourth-order valence-corrected chi connectivity index (χ4v) is 2.82. The highest BCUT2D eigenvalue weighted by Crippen LogP contribution is 2.36. The van der Waals surface area contributed by atoms with Crippen molar-refractivity contribution in [2.45, 2.75) is 38.3 Å². The monoisotopic (exact) mass is 271 g/mol. The minimum atomic E-state index is -0.479. The van der Waals surface area contributed by atoms with Gasteiger partial charge in [-0.05, 0) is 45.1 Å². The van der Waals surface area contributed by atoms with Crippen LogP contribution in [0.15, 0.2) is 18.2 Å². The highest BCUT2D eigenvalue weighted by Gasteiger charge is 2.39. The summed E-state index contributed by atoms with van der Waals surface area (Å²) >= 11 is 0. The Kier molecular flexibility index (Phi) is 5.40. The fourth-order valence-electron chi connectivity index (χ4n) is 2.82. The van der Waals surface area contributed by atoms with E-state index in [9.17, 15) is 8.78 Å². The molecule has 0 aliphatic heterocycles. The molecule has 1 rings (SSSR count). The van der Waals surface area contributed by atoms with Gasteiger partial charge in [-0.3, -0.25) is 11.3 Å². The fraction of sp³-hybridized carbons (Fsp3) is 0.571. The minimum Gasteiger partial charge on any atom is -0.302 e. The van der Waals surface area contributed by atoms with E-state index in [1.807, 2.05) is 32.8 Å². The second kappa shape index (κ2) is 6.41. The first-order valence-corrected chi connectivity index (χ1v) is 6.51. The molecule has 0 amide bonds. The van der Waals surface area contributed by atoms with Crippen LogP contribution in [0, 0.1) is 11.6 Å². The minimum absolute atomic E-state index is 0.264. The topological polar surface area (TPSA) is 41.3 Å². The number of nitrogens with two attached hydrogens (primary N) is 1. The molecule has 0 saturated carbocycles. The molecule has 0 fully saturated rings. The maximum atomic E-state index is 14.0. The Morgan fingerprint density at radius 1 is 1.26 bits per heavy atom. The SMILES string of the molecule is CCC(CC)(C(NN)c1cc(F)ccc1F)N(C)C. The Hall–Kier alpha value is -1.04. The van der Waals surface area contributed by atoms with Crippen LogP contribution >= 0.6 is 0 Å². The number of likely N-dealkylation sites (N-methyl/N-ethyl adjacent to an activating group) is 1. The number of halogens is 2. The number of hydrazine groups is 1. The van der Waals surface area contributed by atoms with Crippen LogP contribution in [-0.4, -0.2) is 24.5 Å². The maximum absolute atomic E-state index is 14.0.